The van der Waals surface area contributed by atoms with Gasteiger partial charge < -0.3 is 14.5 Å². The molecule has 0 aromatic carbocycles. The summed E-state index contributed by atoms with van der Waals surface area (Å²) in [4.78, 5) is 27.4. The van der Waals surface area contributed by atoms with Crippen LogP contribution in [0.3, 0.4) is 0 Å². The van der Waals surface area contributed by atoms with Crippen molar-refractivity contribution in [2.45, 2.75) is 45.7 Å². The number of aryl methyl sites for hydroxylation is 1. The Labute approximate surface area is 159 Å². The van der Waals surface area contributed by atoms with Crippen LogP contribution in [0.2, 0.25) is 0 Å². The Morgan fingerprint density at radius 2 is 2.11 bits per heavy atom. The van der Waals surface area contributed by atoms with E-state index in [0.29, 0.717) is 6.54 Å². The average molecular weight is 363 g/mol. The van der Waals surface area contributed by atoms with E-state index in [2.05, 4.69) is 19.5 Å². The molecule has 0 bridgehead atoms. The minimum absolute atomic E-state index is 0.0279. The fourth-order valence-electron chi connectivity index (χ4n) is 3.99. The lowest BCUT2D eigenvalue weighted by atomic mass is 10.00. The molecule has 4 rings (SSSR count). The van der Waals surface area contributed by atoms with Gasteiger partial charge in [-0.1, -0.05) is 6.07 Å². The van der Waals surface area contributed by atoms with E-state index < -0.39 is 0 Å². The van der Waals surface area contributed by atoms with E-state index in [1.807, 2.05) is 49.2 Å². The number of imidazole rings is 1. The summed E-state index contributed by atoms with van der Waals surface area (Å²) >= 11 is 0. The first kappa shape index (κ1) is 17.5. The highest BCUT2D eigenvalue weighted by Crippen LogP contribution is 2.31. The third-order valence-corrected chi connectivity index (χ3v) is 5.45. The van der Waals surface area contributed by atoms with Gasteiger partial charge in [-0.05, 0) is 51.3 Å². The number of hydrogen-bond donors (Lipinski definition) is 1. The highest BCUT2D eigenvalue weighted by atomic mass is 16.2. The fraction of sp³-hybridized carbons (Fsp3) is 0.381. The zero-order valence-electron chi connectivity index (χ0n) is 15.9. The molecule has 0 spiro atoms. The van der Waals surface area contributed by atoms with E-state index in [1.54, 1.807) is 12.4 Å². The molecule has 1 saturated heterocycles. The van der Waals surface area contributed by atoms with Crippen molar-refractivity contribution < 1.29 is 4.79 Å². The van der Waals surface area contributed by atoms with Gasteiger partial charge in [0, 0.05) is 36.5 Å². The van der Waals surface area contributed by atoms with Gasteiger partial charge >= 0.3 is 0 Å². The van der Waals surface area contributed by atoms with Gasteiger partial charge in [0.2, 0.25) is 0 Å². The smallest absolute Gasteiger partial charge is 0.256 e. The van der Waals surface area contributed by atoms with Crippen molar-refractivity contribution >= 4 is 5.91 Å². The number of likely N-dealkylation sites (tertiary alicyclic amines) is 1. The van der Waals surface area contributed by atoms with E-state index in [1.165, 1.54) is 0 Å². The van der Waals surface area contributed by atoms with Crippen LogP contribution in [0.5, 0.6) is 0 Å². The highest BCUT2D eigenvalue weighted by Gasteiger charge is 2.31. The Kier molecular flexibility index (Phi) is 4.79. The number of pyridine rings is 1. The number of nitrogens with zero attached hydrogens (tertiary/aromatic N) is 4. The number of hydrogen-bond acceptors (Lipinski definition) is 3. The fourth-order valence-corrected chi connectivity index (χ4v) is 3.99. The van der Waals surface area contributed by atoms with Gasteiger partial charge in [0.25, 0.3) is 5.91 Å². The first-order valence-corrected chi connectivity index (χ1v) is 9.52. The van der Waals surface area contributed by atoms with Crippen molar-refractivity contribution in [3.63, 3.8) is 0 Å². The summed E-state index contributed by atoms with van der Waals surface area (Å²) in [6.45, 7) is 5.52. The predicted octanol–water partition coefficient (Wildman–Crippen LogP) is 3.64. The number of rotatable bonds is 4. The Morgan fingerprint density at radius 3 is 2.85 bits per heavy atom. The number of piperidine rings is 1. The third-order valence-electron chi connectivity index (χ3n) is 5.45. The second kappa shape index (κ2) is 7.39. The summed E-state index contributed by atoms with van der Waals surface area (Å²) in [5, 5.41) is 0. The standard InChI is InChI=1S/C21H25N5O/c1-15-13-18(16(2)26(15)14-17-7-3-5-9-22-17)21(27)25-12-6-4-8-19(25)20-23-10-11-24-20/h3,5,7,9-11,13,19H,4,6,8,12,14H2,1-2H3,(H,23,24)/t19-/m1/s1. The molecule has 1 fully saturated rings. The lowest BCUT2D eigenvalue weighted by Gasteiger charge is -2.34. The zero-order chi connectivity index (χ0) is 18.8. The molecule has 1 aliphatic rings. The van der Waals surface area contributed by atoms with Crippen molar-refractivity contribution in [3.05, 3.63) is 71.3 Å². The van der Waals surface area contributed by atoms with Gasteiger partial charge in [0.05, 0.1) is 23.8 Å². The van der Waals surface area contributed by atoms with Gasteiger partial charge in [-0.15, -0.1) is 0 Å². The van der Waals surface area contributed by atoms with Crippen LogP contribution in [-0.2, 0) is 6.54 Å². The number of aromatic nitrogens is 4. The first-order valence-electron chi connectivity index (χ1n) is 9.52. The van der Waals surface area contributed by atoms with Crippen molar-refractivity contribution in [1.82, 2.24) is 24.4 Å². The molecular weight excluding hydrogens is 338 g/mol. The minimum Gasteiger partial charge on any atom is -0.347 e. The first-order chi connectivity index (χ1) is 13.1. The molecule has 0 saturated carbocycles. The maximum absolute atomic E-state index is 13.4. The summed E-state index contributed by atoms with van der Waals surface area (Å²) in [6.07, 6.45) is 8.49. The Morgan fingerprint density at radius 1 is 1.22 bits per heavy atom. The van der Waals surface area contributed by atoms with Crippen LogP contribution in [0.25, 0.3) is 0 Å². The van der Waals surface area contributed by atoms with Crippen molar-refractivity contribution in [2.75, 3.05) is 6.54 Å². The molecule has 1 N–H and O–H groups in total. The highest BCUT2D eigenvalue weighted by molar-refractivity contribution is 5.96. The molecule has 27 heavy (non-hydrogen) atoms. The van der Waals surface area contributed by atoms with E-state index in [9.17, 15) is 4.79 Å². The average Bonchev–Trinajstić information content (AvgIpc) is 3.33. The predicted molar refractivity (Wildman–Crippen MR) is 103 cm³/mol. The second-order valence-electron chi connectivity index (χ2n) is 7.18. The molecule has 0 aliphatic carbocycles. The molecular formula is C21H25N5O. The van der Waals surface area contributed by atoms with Gasteiger partial charge in [0.1, 0.15) is 5.82 Å². The lowest BCUT2D eigenvalue weighted by molar-refractivity contribution is 0.0600. The summed E-state index contributed by atoms with van der Waals surface area (Å²) in [7, 11) is 0. The lowest BCUT2D eigenvalue weighted by Crippen LogP contribution is -2.39. The van der Waals surface area contributed by atoms with E-state index >= 15 is 0 Å². The molecule has 0 radical (unpaired) electrons. The number of aromatic amines is 1. The number of amides is 1. The molecule has 1 amide bonds. The molecule has 0 unspecified atom stereocenters. The Hall–Kier alpha value is -2.89. The van der Waals surface area contributed by atoms with E-state index in [4.69, 9.17) is 0 Å². The molecule has 6 heteroatoms. The molecule has 1 aliphatic heterocycles. The van der Waals surface area contributed by atoms with Gasteiger partial charge in [0.15, 0.2) is 0 Å². The van der Waals surface area contributed by atoms with Crippen LogP contribution in [-0.4, -0.2) is 36.9 Å². The van der Waals surface area contributed by atoms with Gasteiger partial charge in [-0.25, -0.2) is 4.98 Å². The number of H-pyrrole nitrogens is 1. The normalized spacial score (nSPS) is 17.3. The van der Waals surface area contributed by atoms with E-state index in [0.717, 1.165) is 54.3 Å². The molecule has 6 nitrogen and oxygen atoms in total. The summed E-state index contributed by atoms with van der Waals surface area (Å²) < 4.78 is 2.17. The van der Waals surface area contributed by atoms with Gasteiger partial charge in [-0.3, -0.25) is 9.78 Å². The minimum atomic E-state index is 0.0279. The van der Waals surface area contributed by atoms with Crippen LogP contribution >= 0.6 is 0 Å². The second-order valence-corrected chi connectivity index (χ2v) is 7.18. The monoisotopic (exact) mass is 363 g/mol. The number of nitrogens with one attached hydrogen (secondary N) is 1. The SMILES string of the molecule is Cc1cc(C(=O)N2CCCC[C@@H]2c2ncc[nH]2)c(C)n1Cc1ccccn1. The van der Waals surface area contributed by atoms with Gasteiger partial charge in [-0.2, -0.15) is 0 Å². The van der Waals surface area contributed by atoms with Crippen LogP contribution in [0, 0.1) is 13.8 Å². The van der Waals surface area contributed by atoms with E-state index in [-0.39, 0.29) is 11.9 Å². The summed E-state index contributed by atoms with van der Waals surface area (Å²) in [6, 6.07) is 7.95. The topological polar surface area (TPSA) is 66.8 Å². The van der Waals surface area contributed by atoms with Crippen LogP contribution < -0.4 is 0 Å². The number of carbonyl (C=O) groups excluding carboxylic acids is 1. The molecule has 1 atom stereocenters. The quantitative estimate of drug-likeness (QED) is 0.769. The van der Waals surface area contributed by atoms with Crippen LogP contribution in [0.15, 0.2) is 42.9 Å². The molecule has 140 valence electrons. The maximum Gasteiger partial charge on any atom is 0.256 e. The third kappa shape index (κ3) is 3.39. The largest absolute Gasteiger partial charge is 0.347 e. The van der Waals surface area contributed by atoms with Crippen molar-refractivity contribution in [2.24, 2.45) is 0 Å². The zero-order valence-corrected chi connectivity index (χ0v) is 15.9. The molecule has 3 aromatic rings. The van der Waals surface area contributed by atoms with Crippen LogP contribution in [0.1, 0.15) is 58.6 Å². The van der Waals surface area contributed by atoms with Crippen molar-refractivity contribution in [1.29, 1.82) is 0 Å². The molecule has 4 heterocycles. The summed E-state index contributed by atoms with van der Waals surface area (Å²) in [5.41, 5.74) is 3.84. The Balaban J connectivity index is 1.62. The number of carbonyl (C=O) groups is 1. The molecule has 3 aromatic heterocycles. The van der Waals surface area contributed by atoms with Crippen LogP contribution in [0.4, 0.5) is 0 Å². The van der Waals surface area contributed by atoms with Crippen molar-refractivity contribution in [3.8, 4) is 0 Å². The Bertz CT molecular complexity index is 914. The maximum atomic E-state index is 13.4. The summed E-state index contributed by atoms with van der Waals surface area (Å²) in [5.74, 6) is 0.974.